The van der Waals surface area contributed by atoms with Gasteiger partial charge in [0.05, 0.1) is 5.39 Å². The SMILES string of the molecule is C#CCn1nc(Cl)c2c(NCC(CCC)CCC)ccnc21. The van der Waals surface area contributed by atoms with E-state index >= 15 is 0 Å². The van der Waals surface area contributed by atoms with E-state index < -0.39 is 0 Å². The zero-order valence-electron chi connectivity index (χ0n) is 13.3. The molecule has 0 bridgehead atoms. The molecule has 0 amide bonds. The second kappa shape index (κ2) is 8.05. The van der Waals surface area contributed by atoms with Gasteiger partial charge in [0.15, 0.2) is 10.8 Å². The number of terminal acetylenes is 1. The van der Waals surface area contributed by atoms with Crippen molar-refractivity contribution in [3.63, 3.8) is 0 Å². The van der Waals surface area contributed by atoms with Crippen LogP contribution in [-0.2, 0) is 6.54 Å². The Morgan fingerprint density at radius 1 is 1.36 bits per heavy atom. The van der Waals surface area contributed by atoms with Crippen LogP contribution in [0.25, 0.3) is 11.0 Å². The fourth-order valence-electron chi connectivity index (χ4n) is 2.82. The van der Waals surface area contributed by atoms with Gasteiger partial charge >= 0.3 is 0 Å². The number of anilines is 1. The third-order valence-corrected chi connectivity index (χ3v) is 4.07. The largest absolute Gasteiger partial charge is 0.384 e. The molecule has 0 spiro atoms. The summed E-state index contributed by atoms with van der Waals surface area (Å²) >= 11 is 6.28. The van der Waals surface area contributed by atoms with Gasteiger partial charge in [0.25, 0.3) is 0 Å². The minimum atomic E-state index is 0.369. The molecule has 0 aromatic carbocycles. The van der Waals surface area contributed by atoms with E-state index in [0.29, 0.717) is 17.6 Å². The number of halogens is 1. The summed E-state index contributed by atoms with van der Waals surface area (Å²) in [5.41, 5.74) is 1.71. The lowest BCUT2D eigenvalue weighted by molar-refractivity contribution is 0.461. The maximum Gasteiger partial charge on any atom is 0.162 e. The summed E-state index contributed by atoms with van der Waals surface area (Å²) in [5.74, 6) is 3.25. The first-order valence-corrected chi connectivity index (χ1v) is 8.27. The normalized spacial score (nSPS) is 11.0. The number of aromatic nitrogens is 3. The van der Waals surface area contributed by atoms with E-state index in [1.165, 1.54) is 25.7 Å². The number of rotatable bonds is 8. The molecule has 0 aliphatic rings. The van der Waals surface area contributed by atoms with E-state index in [-0.39, 0.29) is 0 Å². The summed E-state index contributed by atoms with van der Waals surface area (Å²) in [7, 11) is 0. The Kier molecular flexibility index (Phi) is 6.09. The van der Waals surface area contributed by atoms with Crippen LogP contribution in [-0.4, -0.2) is 21.3 Å². The van der Waals surface area contributed by atoms with Crippen LogP contribution < -0.4 is 5.32 Å². The standard InChI is InChI=1S/C17H23ClN4/c1-4-7-13(8-5-2)12-20-14-9-10-19-17-15(14)16(18)21-22(17)11-6-3/h3,9-10,13H,4-5,7-8,11-12H2,1-2H3,(H,19,20). The first-order valence-electron chi connectivity index (χ1n) is 7.89. The van der Waals surface area contributed by atoms with Crippen molar-refractivity contribution < 1.29 is 0 Å². The number of nitrogens with one attached hydrogen (secondary N) is 1. The van der Waals surface area contributed by atoms with Crippen LogP contribution in [0, 0.1) is 18.3 Å². The lowest BCUT2D eigenvalue weighted by atomic mass is 9.98. The van der Waals surface area contributed by atoms with Crippen molar-refractivity contribution >= 4 is 28.3 Å². The zero-order chi connectivity index (χ0) is 15.9. The Bertz CT molecular complexity index is 650. The minimum Gasteiger partial charge on any atom is -0.384 e. The maximum absolute atomic E-state index is 6.28. The number of fused-ring (bicyclic) bond motifs is 1. The van der Waals surface area contributed by atoms with Crippen LogP contribution in [0.15, 0.2) is 12.3 Å². The Labute approximate surface area is 137 Å². The molecule has 118 valence electrons. The topological polar surface area (TPSA) is 42.7 Å². The molecule has 2 aromatic heterocycles. The van der Waals surface area contributed by atoms with Crippen LogP contribution in [0.5, 0.6) is 0 Å². The molecule has 1 N–H and O–H groups in total. The molecule has 2 heterocycles. The van der Waals surface area contributed by atoms with Gasteiger partial charge in [-0.25, -0.2) is 9.67 Å². The first-order chi connectivity index (χ1) is 10.7. The Balaban J connectivity index is 2.22. The van der Waals surface area contributed by atoms with E-state index in [0.717, 1.165) is 23.3 Å². The highest BCUT2D eigenvalue weighted by Gasteiger charge is 2.14. The number of hydrogen-bond acceptors (Lipinski definition) is 3. The molecule has 0 atom stereocenters. The fourth-order valence-corrected chi connectivity index (χ4v) is 3.09. The van der Waals surface area contributed by atoms with Crippen molar-refractivity contribution in [3.05, 3.63) is 17.4 Å². The summed E-state index contributed by atoms with van der Waals surface area (Å²) in [6.07, 6.45) is 12.0. The minimum absolute atomic E-state index is 0.369. The van der Waals surface area contributed by atoms with Crippen molar-refractivity contribution in [2.24, 2.45) is 5.92 Å². The highest BCUT2D eigenvalue weighted by atomic mass is 35.5. The highest BCUT2D eigenvalue weighted by molar-refractivity contribution is 6.35. The summed E-state index contributed by atoms with van der Waals surface area (Å²) < 4.78 is 1.67. The van der Waals surface area contributed by atoms with Crippen LogP contribution in [0.1, 0.15) is 39.5 Å². The highest BCUT2D eigenvalue weighted by Crippen LogP contribution is 2.29. The molecule has 0 aliphatic carbocycles. The van der Waals surface area contributed by atoms with E-state index in [2.05, 4.69) is 35.2 Å². The molecular formula is C17H23ClN4. The van der Waals surface area contributed by atoms with Gasteiger partial charge < -0.3 is 5.32 Å². The Morgan fingerprint density at radius 3 is 2.73 bits per heavy atom. The van der Waals surface area contributed by atoms with Gasteiger partial charge in [-0.2, -0.15) is 5.10 Å². The van der Waals surface area contributed by atoms with Crippen LogP contribution in [0.3, 0.4) is 0 Å². The summed E-state index contributed by atoms with van der Waals surface area (Å²) in [6, 6.07) is 1.95. The second-order valence-corrected chi connectivity index (χ2v) is 5.89. The van der Waals surface area contributed by atoms with Crippen LogP contribution >= 0.6 is 11.6 Å². The molecule has 22 heavy (non-hydrogen) atoms. The smallest absolute Gasteiger partial charge is 0.162 e. The third-order valence-electron chi connectivity index (χ3n) is 3.81. The monoisotopic (exact) mass is 318 g/mol. The van der Waals surface area contributed by atoms with Crippen molar-refractivity contribution in [1.82, 2.24) is 14.8 Å². The average Bonchev–Trinajstić information content (AvgIpc) is 2.83. The average molecular weight is 319 g/mol. The van der Waals surface area contributed by atoms with E-state index in [4.69, 9.17) is 18.0 Å². The Hall–Kier alpha value is -1.73. The van der Waals surface area contributed by atoms with Crippen molar-refractivity contribution in [3.8, 4) is 12.3 Å². The summed E-state index contributed by atoms with van der Waals surface area (Å²) in [6.45, 7) is 5.77. The number of pyridine rings is 1. The molecule has 0 aliphatic heterocycles. The van der Waals surface area contributed by atoms with Gasteiger partial charge in [-0.1, -0.05) is 44.2 Å². The predicted octanol–water partition coefficient (Wildman–Crippen LogP) is 4.35. The lowest BCUT2D eigenvalue weighted by Crippen LogP contribution is -2.14. The van der Waals surface area contributed by atoms with E-state index in [1.54, 1.807) is 10.9 Å². The molecule has 4 nitrogen and oxygen atoms in total. The van der Waals surface area contributed by atoms with Crippen molar-refractivity contribution in [2.45, 2.75) is 46.1 Å². The molecule has 0 radical (unpaired) electrons. The van der Waals surface area contributed by atoms with Gasteiger partial charge in [-0.3, -0.25) is 0 Å². The zero-order valence-corrected chi connectivity index (χ0v) is 14.0. The third kappa shape index (κ3) is 3.72. The van der Waals surface area contributed by atoms with Gasteiger partial charge in [-0.05, 0) is 24.8 Å². The van der Waals surface area contributed by atoms with Gasteiger partial charge in [0.2, 0.25) is 0 Å². The molecule has 2 aromatic rings. The van der Waals surface area contributed by atoms with Gasteiger partial charge in [0, 0.05) is 18.4 Å². The molecule has 0 unspecified atom stereocenters. The van der Waals surface area contributed by atoms with Crippen LogP contribution in [0.4, 0.5) is 5.69 Å². The van der Waals surface area contributed by atoms with Crippen molar-refractivity contribution in [2.75, 3.05) is 11.9 Å². The Morgan fingerprint density at radius 2 is 2.09 bits per heavy atom. The van der Waals surface area contributed by atoms with Crippen molar-refractivity contribution in [1.29, 1.82) is 0 Å². The molecule has 0 saturated heterocycles. The molecule has 0 fully saturated rings. The number of nitrogens with zero attached hydrogens (tertiary/aromatic N) is 3. The summed E-state index contributed by atoms with van der Waals surface area (Å²) in [4.78, 5) is 4.36. The predicted molar refractivity (Wildman–Crippen MR) is 93.2 cm³/mol. The fraction of sp³-hybridized carbons (Fsp3) is 0.529. The van der Waals surface area contributed by atoms with Gasteiger partial charge in [0.1, 0.15) is 6.54 Å². The summed E-state index contributed by atoms with van der Waals surface area (Å²) in [5, 5.41) is 9.10. The lowest BCUT2D eigenvalue weighted by Gasteiger charge is -2.17. The molecule has 0 saturated carbocycles. The first kappa shape index (κ1) is 16.6. The molecule has 2 rings (SSSR count). The van der Waals surface area contributed by atoms with E-state index in [1.807, 2.05) is 6.07 Å². The van der Waals surface area contributed by atoms with Gasteiger partial charge in [-0.15, -0.1) is 6.42 Å². The maximum atomic E-state index is 6.28. The number of hydrogen-bond donors (Lipinski definition) is 1. The molecular weight excluding hydrogens is 296 g/mol. The second-order valence-electron chi connectivity index (χ2n) is 5.53. The van der Waals surface area contributed by atoms with Crippen LogP contribution in [0.2, 0.25) is 5.15 Å². The van der Waals surface area contributed by atoms with E-state index in [9.17, 15) is 0 Å². The molecule has 5 heteroatoms. The quantitative estimate of drug-likeness (QED) is 0.736.